The molecular formula is C11H10O4. The van der Waals surface area contributed by atoms with Gasteiger partial charge in [-0.25, -0.2) is 4.79 Å². The Morgan fingerprint density at radius 1 is 1.47 bits per heavy atom. The van der Waals surface area contributed by atoms with Crippen LogP contribution in [0.5, 0.6) is 5.75 Å². The largest absolute Gasteiger partial charge is 0.496 e. The van der Waals surface area contributed by atoms with E-state index in [2.05, 4.69) is 0 Å². The van der Waals surface area contributed by atoms with E-state index in [1.807, 2.05) is 0 Å². The van der Waals surface area contributed by atoms with Crippen LogP contribution in [0.1, 0.15) is 5.56 Å². The fourth-order valence-electron chi connectivity index (χ4n) is 1.55. The first-order valence-corrected chi connectivity index (χ1v) is 4.47. The summed E-state index contributed by atoms with van der Waals surface area (Å²) in [7, 11) is 1.47. The maximum Gasteiger partial charge on any atom is 0.339 e. The lowest BCUT2D eigenvalue weighted by Gasteiger charge is -2.06. The van der Waals surface area contributed by atoms with Gasteiger partial charge in [-0.05, 0) is 11.6 Å². The fourth-order valence-corrected chi connectivity index (χ4v) is 1.55. The second-order valence-corrected chi connectivity index (χ2v) is 3.08. The summed E-state index contributed by atoms with van der Waals surface area (Å²) in [6.07, 6.45) is 0. The number of fused-ring (bicyclic) bond motifs is 1. The van der Waals surface area contributed by atoms with Crippen molar-refractivity contribution in [3.05, 3.63) is 40.2 Å². The molecule has 1 aromatic carbocycles. The molecule has 78 valence electrons. The molecule has 0 aliphatic heterocycles. The molecule has 0 spiro atoms. The summed E-state index contributed by atoms with van der Waals surface area (Å²) in [6.45, 7) is -0.124. The Kier molecular flexibility index (Phi) is 2.43. The van der Waals surface area contributed by atoms with Gasteiger partial charge in [-0.3, -0.25) is 0 Å². The van der Waals surface area contributed by atoms with Crippen LogP contribution in [-0.2, 0) is 6.61 Å². The van der Waals surface area contributed by atoms with Gasteiger partial charge in [0, 0.05) is 0 Å². The molecule has 1 aromatic heterocycles. The third-order valence-corrected chi connectivity index (χ3v) is 2.21. The summed E-state index contributed by atoms with van der Waals surface area (Å²) in [5.41, 5.74) is 0.633. The molecule has 4 nitrogen and oxygen atoms in total. The average Bonchev–Trinajstić information content (AvgIpc) is 2.26. The van der Waals surface area contributed by atoms with E-state index >= 15 is 0 Å². The number of aliphatic hydroxyl groups is 1. The van der Waals surface area contributed by atoms with E-state index in [-0.39, 0.29) is 6.61 Å². The lowest BCUT2D eigenvalue weighted by Crippen LogP contribution is -2.00. The van der Waals surface area contributed by atoms with Gasteiger partial charge < -0.3 is 14.3 Å². The van der Waals surface area contributed by atoms with Crippen molar-refractivity contribution in [2.24, 2.45) is 0 Å². The lowest BCUT2D eigenvalue weighted by molar-refractivity contribution is 0.282. The van der Waals surface area contributed by atoms with Crippen molar-refractivity contribution in [1.82, 2.24) is 0 Å². The van der Waals surface area contributed by atoms with E-state index in [0.29, 0.717) is 22.3 Å². The molecule has 0 bridgehead atoms. The first kappa shape index (κ1) is 9.73. The van der Waals surface area contributed by atoms with E-state index in [1.54, 1.807) is 18.2 Å². The second-order valence-electron chi connectivity index (χ2n) is 3.08. The SMILES string of the molecule is COc1cc(=O)oc2cccc(CO)c12. The molecule has 0 saturated heterocycles. The Hall–Kier alpha value is -1.81. The number of methoxy groups -OCH3 is 1. The lowest BCUT2D eigenvalue weighted by atomic mass is 10.1. The standard InChI is InChI=1S/C11H10O4/c1-14-9-5-10(13)15-8-4-2-3-7(6-12)11(8)9/h2-5,12H,6H2,1H3. The Bertz CT molecular complexity index is 542. The quantitative estimate of drug-likeness (QED) is 0.752. The predicted octanol–water partition coefficient (Wildman–Crippen LogP) is 1.29. The van der Waals surface area contributed by atoms with Crippen LogP contribution in [0.3, 0.4) is 0 Å². The van der Waals surface area contributed by atoms with Crippen LogP contribution < -0.4 is 10.4 Å². The van der Waals surface area contributed by atoms with Crippen molar-refractivity contribution in [3.8, 4) is 5.75 Å². The van der Waals surface area contributed by atoms with Crippen molar-refractivity contribution in [2.75, 3.05) is 7.11 Å². The molecule has 15 heavy (non-hydrogen) atoms. The van der Waals surface area contributed by atoms with Crippen molar-refractivity contribution >= 4 is 11.0 Å². The highest BCUT2D eigenvalue weighted by atomic mass is 16.5. The number of benzene rings is 1. The minimum atomic E-state index is -0.463. The summed E-state index contributed by atoms with van der Waals surface area (Å²) >= 11 is 0. The Morgan fingerprint density at radius 3 is 2.93 bits per heavy atom. The van der Waals surface area contributed by atoms with Crippen LogP contribution in [0, 0.1) is 0 Å². The number of rotatable bonds is 2. The van der Waals surface area contributed by atoms with Gasteiger partial charge in [0.1, 0.15) is 11.3 Å². The third-order valence-electron chi connectivity index (χ3n) is 2.21. The molecule has 0 aliphatic rings. The number of hydrogen-bond donors (Lipinski definition) is 1. The van der Waals surface area contributed by atoms with Gasteiger partial charge in [0.15, 0.2) is 0 Å². The van der Waals surface area contributed by atoms with E-state index in [4.69, 9.17) is 14.3 Å². The molecule has 0 fully saturated rings. The highest BCUT2D eigenvalue weighted by Crippen LogP contribution is 2.26. The number of hydrogen-bond acceptors (Lipinski definition) is 4. The monoisotopic (exact) mass is 206 g/mol. The highest BCUT2D eigenvalue weighted by Gasteiger charge is 2.09. The second kappa shape index (κ2) is 3.74. The number of aliphatic hydroxyl groups excluding tert-OH is 1. The van der Waals surface area contributed by atoms with E-state index in [0.717, 1.165) is 0 Å². The van der Waals surface area contributed by atoms with Crippen molar-refractivity contribution in [3.63, 3.8) is 0 Å². The van der Waals surface area contributed by atoms with Crippen molar-refractivity contribution in [2.45, 2.75) is 6.61 Å². The van der Waals surface area contributed by atoms with Gasteiger partial charge in [0.05, 0.1) is 25.2 Å². The average molecular weight is 206 g/mol. The Balaban J connectivity index is 2.90. The van der Waals surface area contributed by atoms with Gasteiger partial charge in [-0.1, -0.05) is 12.1 Å². The van der Waals surface area contributed by atoms with Gasteiger partial charge in [-0.2, -0.15) is 0 Å². The molecule has 0 atom stereocenters. The first-order chi connectivity index (χ1) is 7.26. The summed E-state index contributed by atoms with van der Waals surface area (Å²) in [5, 5.41) is 9.79. The van der Waals surface area contributed by atoms with Crippen LogP contribution in [-0.4, -0.2) is 12.2 Å². The summed E-state index contributed by atoms with van der Waals surface area (Å²) in [5.74, 6) is 0.422. The zero-order valence-corrected chi connectivity index (χ0v) is 8.19. The summed E-state index contributed by atoms with van der Waals surface area (Å²) < 4.78 is 10.1. The molecule has 2 rings (SSSR count). The minimum Gasteiger partial charge on any atom is -0.496 e. The van der Waals surface area contributed by atoms with E-state index < -0.39 is 5.63 Å². The zero-order chi connectivity index (χ0) is 10.8. The van der Waals surface area contributed by atoms with Crippen LogP contribution in [0.25, 0.3) is 11.0 Å². The van der Waals surface area contributed by atoms with Gasteiger partial charge in [-0.15, -0.1) is 0 Å². The zero-order valence-electron chi connectivity index (χ0n) is 8.19. The molecule has 0 radical (unpaired) electrons. The molecule has 0 aliphatic carbocycles. The van der Waals surface area contributed by atoms with Crippen LogP contribution in [0.15, 0.2) is 33.5 Å². The highest BCUT2D eigenvalue weighted by molar-refractivity contribution is 5.86. The fraction of sp³-hybridized carbons (Fsp3) is 0.182. The Morgan fingerprint density at radius 2 is 2.27 bits per heavy atom. The minimum absolute atomic E-state index is 0.124. The summed E-state index contributed by atoms with van der Waals surface area (Å²) in [4.78, 5) is 11.2. The maximum atomic E-state index is 11.2. The molecule has 0 amide bonds. The molecule has 0 saturated carbocycles. The maximum absolute atomic E-state index is 11.2. The van der Waals surface area contributed by atoms with Crippen molar-refractivity contribution in [1.29, 1.82) is 0 Å². The predicted molar refractivity (Wildman–Crippen MR) is 55.0 cm³/mol. The van der Waals surface area contributed by atoms with Crippen molar-refractivity contribution < 1.29 is 14.3 Å². The molecule has 1 heterocycles. The molecule has 0 unspecified atom stereocenters. The third kappa shape index (κ3) is 1.59. The Labute approximate surface area is 85.7 Å². The van der Waals surface area contributed by atoms with Crippen LogP contribution in [0.4, 0.5) is 0 Å². The molecule has 4 heteroatoms. The summed E-state index contributed by atoms with van der Waals surface area (Å²) in [6, 6.07) is 6.40. The molecular weight excluding hydrogens is 196 g/mol. The normalized spacial score (nSPS) is 10.5. The van der Waals surface area contributed by atoms with Gasteiger partial charge in [0.25, 0.3) is 0 Å². The number of ether oxygens (including phenoxy) is 1. The van der Waals surface area contributed by atoms with Gasteiger partial charge >= 0.3 is 5.63 Å². The van der Waals surface area contributed by atoms with Crippen LogP contribution >= 0.6 is 0 Å². The topological polar surface area (TPSA) is 59.7 Å². The first-order valence-electron chi connectivity index (χ1n) is 4.47. The smallest absolute Gasteiger partial charge is 0.339 e. The van der Waals surface area contributed by atoms with E-state index in [9.17, 15) is 4.79 Å². The van der Waals surface area contributed by atoms with E-state index in [1.165, 1.54) is 13.2 Å². The van der Waals surface area contributed by atoms with Crippen LogP contribution in [0.2, 0.25) is 0 Å². The molecule has 2 aromatic rings. The molecule has 1 N–H and O–H groups in total. The van der Waals surface area contributed by atoms with Gasteiger partial charge in [0.2, 0.25) is 0 Å².